The van der Waals surface area contributed by atoms with Crippen molar-refractivity contribution in [2.75, 3.05) is 0 Å². The van der Waals surface area contributed by atoms with E-state index in [1.165, 1.54) is 15.9 Å². The van der Waals surface area contributed by atoms with E-state index in [-0.39, 0.29) is 17.0 Å². The van der Waals surface area contributed by atoms with Crippen LogP contribution in [0.5, 0.6) is 0 Å². The number of hydrogen-bond donors (Lipinski definition) is 1. The summed E-state index contributed by atoms with van der Waals surface area (Å²) in [5.41, 5.74) is 8.05. The predicted octanol–water partition coefficient (Wildman–Crippen LogP) is 3.39. The Balaban J connectivity index is 2.07. The van der Waals surface area contributed by atoms with Gasteiger partial charge in [0.25, 0.3) is 5.56 Å². The van der Waals surface area contributed by atoms with Gasteiger partial charge in [0.2, 0.25) is 0 Å². The summed E-state index contributed by atoms with van der Waals surface area (Å²) in [6.45, 7) is 0. The highest BCUT2D eigenvalue weighted by atomic mass is 79.9. The molecule has 5 nitrogen and oxygen atoms in total. The van der Waals surface area contributed by atoms with Crippen LogP contribution in [0.15, 0.2) is 67.8 Å². The zero-order chi connectivity index (χ0) is 21.4. The van der Waals surface area contributed by atoms with Gasteiger partial charge in [-0.05, 0) is 41.5 Å². The average molecular weight is 540 g/mol. The topological polar surface area (TPSA) is 95.6 Å². The number of rotatable bonds is 2. The largest absolute Gasteiger partial charge is 0.384 e. The molecule has 146 valence electrons. The SMILES string of the molecule is N#CC1=C(N)n2c(s/c(=C/c3cccc(Br)c3)c2=O)=C(C#N)[C@@H]1c1cccc(Br)c1. The van der Waals surface area contributed by atoms with Crippen molar-refractivity contribution in [3.8, 4) is 12.1 Å². The number of thiazole rings is 1. The van der Waals surface area contributed by atoms with Gasteiger partial charge < -0.3 is 5.73 Å². The third-order valence-electron chi connectivity index (χ3n) is 4.72. The van der Waals surface area contributed by atoms with Crippen molar-refractivity contribution >= 4 is 60.7 Å². The van der Waals surface area contributed by atoms with Crippen LogP contribution < -0.4 is 20.5 Å². The molecule has 2 heterocycles. The van der Waals surface area contributed by atoms with Crippen LogP contribution in [0.3, 0.4) is 0 Å². The average Bonchev–Trinajstić information content (AvgIpc) is 3.04. The molecule has 2 N–H and O–H groups in total. The lowest BCUT2D eigenvalue weighted by atomic mass is 9.84. The summed E-state index contributed by atoms with van der Waals surface area (Å²) in [6, 6.07) is 19.3. The molecule has 1 aliphatic rings. The standard InChI is InChI=1S/C22H12Br2N4OS/c23-14-5-1-3-12(7-14)8-18-21(29)28-20(27)16(10-25)19(17(11-26)22(28)30-18)13-4-2-6-15(24)9-13/h1-9,19H,27H2/b18-8+/t19-/m1/s1. The van der Waals surface area contributed by atoms with Gasteiger partial charge in [0.1, 0.15) is 10.5 Å². The third kappa shape index (κ3) is 3.44. The minimum absolute atomic E-state index is 0.0617. The van der Waals surface area contributed by atoms with E-state index in [4.69, 9.17) is 5.73 Å². The fraction of sp³-hybridized carbons (Fsp3) is 0.0455. The molecule has 0 spiro atoms. The first-order chi connectivity index (χ1) is 14.4. The summed E-state index contributed by atoms with van der Waals surface area (Å²) in [5, 5.41) is 19.8. The minimum Gasteiger partial charge on any atom is -0.384 e. The van der Waals surface area contributed by atoms with Crippen LogP contribution in [-0.2, 0) is 0 Å². The first-order valence-electron chi connectivity index (χ1n) is 8.73. The molecule has 0 fully saturated rings. The smallest absolute Gasteiger partial charge is 0.274 e. The number of nitrogens with two attached hydrogens (primary N) is 1. The summed E-state index contributed by atoms with van der Waals surface area (Å²) in [4.78, 5) is 13.1. The lowest BCUT2D eigenvalue weighted by Crippen LogP contribution is -2.38. The van der Waals surface area contributed by atoms with Crippen molar-refractivity contribution < 1.29 is 0 Å². The Bertz CT molecular complexity index is 1480. The maximum atomic E-state index is 13.1. The molecule has 1 aromatic heterocycles. The maximum absolute atomic E-state index is 13.1. The third-order valence-corrected chi connectivity index (χ3v) is 6.81. The molecule has 1 aliphatic heterocycles. The zero-order valence-electron chi connectivity index (χ0n) is 15.3. The minimum atomic E-state index is -0.630. The van der Waals surface area contributed by atoms with Crippen LogP contribution in [0.4, 0.5) is 0 Å². The number of fused-ring (bicyclic) bond motifs is 1. The van der Waals surface area contributed by atoms with Crippen LogP contribution in [-0.4, -0.2) is 4.57 Å². The number of hydrogen-bond acceptors (Lipinski definition) is 5. The molecule has 30 heavy (non-hydrogen) atoms. The second-order valence-electron chi connectivity index (χ2n) is 6.54. The van der Waals surface area contributed by atoms with E-state index < -0.39 is 5.92 Å². The molecule has 0 saturated heterocycles. The van der Waals surface area contributed by atoms with Crippen LogP contribution in [0.1, 0.15) is 17.0 Å². The van der Waals surface area contributed by atoms with Gasteiger partial charge in [-0.1, -0.05) is 56.1 Å². The van der Waals surface area contributed by atoms with Gasteiger partial charge >= 0.3 is 0 Å². The molecule has 3 aromatic rings. The second kappa shape index (κ2) is 8.08. The van der Waals surface area contributed by atoms with Crippen LogP contribution in [0.2, 0.25) is 0 Å². The highest BCUT2D eigenvalue weighted by molar-refractivity contribution is 9.10. The monoisotopic (exact) mass is 538 g/mol. The molecule has 4 rings (SSSR count). The van der Waals surface area contributed by atoms with Crippen molar-refractivity contribution in [2.45, 2.75) is 5.92 Å². The Labute approximate surface area is 192 Å². The van der Waals surface area contributed by atoms with Gasteiger partial charge in [0.15, 0.2) is 0 Å². The van der Waals surface area contributed by atoms with E-state index in [0.29, 0.717) is 14.8 Å². The predicted molar refractivity (Wildman–Crippen MR) is 124 cm³/mol. The van der Waals surface area contributed by atoms with Crippen LogP contribution in [0.25, 0.3) is 17.5 Å². The highest BCUT2D eigenvalue weighted by Crippen LogP contribution is 2.36. The van der Waals surface area contributed by atoms with E-state index >= 15 is 0 Å². The van der Waals surface area contributed by atoms with Crippen LogP contribution in [0, 0.1) is 22.7 Å². The summed E-state index contributed by atoms with van der Waals surface area (Å²) >= 11 is 8.06. The number of benzene rings is 2. The van der Waals surface area contributed by atoms with Crippen molar-refractivity contribution in [3.63, 3.8) is 0 Å². The fourth-order valence-electron chi connectivity index (χ4n) is 3.42. The second-order valence-corrected chi connectivity index (χ2v) is 9.40. The summed E-state index contributed by atoms with van der Waals surface area (Å²) < 4.78 is 3.88. The van der Waals surface area contributed by atoms with E-state index in [1.807, 2.05) is 48.5 Å². The molecule has 1 atom stereocenters. The van der Waals surface area contributed by atoms with Gasteiger partial charge in [-0.2, -0.15) is 10.5 Å². The quantitative estimate of drug-likeness (QED) is 0.540. The molecule has 0 aliphatic carbocycles. The first kappa shape index (κ1) is 20.4. The van der Waals surface area contributed by atoms with Gasteiger partial charge in [0, 0.05) is 8.95 Å². The molecular formula is C22H12Br2N4OS. The van der Waals surface area contributed by atoms with Gasteiger partial charge in [-0.15, -0.1) is 11.3 Å². The molecule has 0 amide bonds. The van der Waals surface area contributed by atoms with Crippen molar-refractivity contribution in [2.24, 2.45) is 5.73 Å². The normalized spacial score (nSPS) is 16.2. The molecule has 0 unspecified atom stereocenters. The molecule has 0 radical (unpaired) electrons. The van der Waals surface area contributed by atoms with Gasteiger partial charge in [-0.25, -0.2) is 0 Å². The van der Waals surface area contributed by atoms with E-state index in [2.05, 4.69) is 44.0 Å². The first-order valence-corrected chi connectivity index (χ1v) is 11.1. The summed E-state index contributed by atoms with van der Waals surface area (Å²) in [7, 11) is 0. The molecular weight excluding hydrogens is 528 g/mol. The maximum Gasteiger partial charge on any atom is 0.274 e. The Kier molecular flexibility index (Phi) is 5.48. The van der Waals surface area contributed by atoms with Crippen LogP contribution >= 0.6 is 43.2 Å². The Morgan fingerprint density at radius 3 is 2.33 bits per heavy atom. The van der Waals surface area contributed by atoms with Crippen molar-refractivity contribution in [1.82, 2.24) is 4.57 Å². The molecule has 0 bridgehead atoms. The lowest BCUT2D eigenvalue weighted by molar-refractivity contribution is 0.906. The number of aromatic nitrogens is 1. The van der Waals surface area contributed by atoms with Gasteiger partial charge in [0.05, 0.1) is 33.7 Å². The number of nitriles is 2. The van der Waals surface area contributed by atoms with Crippen molar-refractivity contribution in [3.05, 3.63) is 93.7 Å². The number of halogens is 2. The van der Waals surface area contributed by atoms with Gasteiger partial charge in [-0.3, -0.25) is 9.36 Å². The van der Waals surface area contributed by atoms with Crippen molar-refractivity contribution in [1.29, 1.82) is 10.5 Å². The molecule has 2 aromatic carbocycles. The Morgan fingerprint density at radius 1 is 1.03 bits per heavy atom. The lowest BCUT2D eigenvalue weighted by Gasteiger charge is -2.22. The Hall–Kier alpha value is -2.91. The Morgan fingerprint density at radius 2 is 1.70 bits per heavy atom. The fourth-order valence-corrected chi connectivity index (χ4v) is 5.38. The van der Waals surface area contributed by atoms with E-state index in [1.54, 1.807) is 6.08 Å². The zero-order valence-corrected chi connectivity index (χ0v) is 19.3. The van der Waals surface area contributed by atoms with E-state index in [9.17, 15) is 15.3 Å². The molecule has 0 saturated carbocycles. The van der Waals surface area contributed by atoms with E-state index in [0.717, 1.165) is 20.1 Å². The summed E-state index contributed by atoms with van der Waals surface area (Å²) in [6.07, 6.45) is 1.76. The molecule has 8 heteroatoms. The number of nitrogens with zero attached hydrogens (tertiary/aromatic N) is 3. The summed E-state index contributed by atoms with van der Waals surface area (Å²) in [5.74, 6) is -0.569. The number of allylic oxidation sites excluding steroid dienone is 1. The highest BCUT2D eigenvalue weighted by Gasteiger charge is 2.32.